The van der Waals surface area contributed by atoms with Crippen molar-refractivity contribution in [1.82, 2.24) is 4.98 Å². The van der Waals surface area contributed by atoms with Crippen molar-refractivity contribution in [3.63, 3.8) is 0 Å². The molecule has 0 bridgehead atoms. The molecule has 2 aromatic carbocycles. The number of hydrogen-bond acceptors (Lipinski definition) is 5. The first-order valence-electron chi connectivity index (χ1n) is 6.73. The van der Waals surface area contributed by atoms with Gasteiger partial charge in [-0.25, -0.2) is 0 Å². The quantitative estimate of drug-likeness (QED) is 0.754. The van der Waals surface area contributed by atoms with E-state index in [-0.39, 0.29) is 17.2 Å². The molecule has 0 saturated carbocycles. The van der Waals surface area contributed by atoms with Crippen LogP contribution in [0, 0.1) is 0 Å². The Balaban J connectivity index is 2.00. The van der Waals surface area contributed by atoms with Crippen LogP contribution in [0.5, 0.6) is 11.5 Å². The van der Waals surface area contributed by atoms with E-state index in [0.29, 0.717) is 21.2 Å². The van der Waals surface area contributed by atoms with Crippen molar-refractivity contribution in [1.29, 1.82) is 0 Å². The second-order valence-electron chi connectivity index (χ2n) is 4.74. The van der Waals surface area contributed by atoms with Crippen LogP contribution in [0.15, 0.2) is 50.1 Å². The van der Waals surface area contributed by atoms with Gasteiger partial charge in [0.15, 0.2) is 11.5 Å². The van der Waals surface area contributed by atoms with E-state index >= 15 is 0 Å². The van der Waals surface area contributed by atoms with E-state index in [4.69, 9.17) is 9.15 Å². The molecule has 3 rings (SSSR count). The summed E-state index contributed by atoms with van der Waals surface area (Å²) in [6.07, 6.45) is 3.30. The largest absolute Gasteiger partial charge is 0.503 e. The van der Waals surface area contributed by atoms with E-state index in [1.54, 1.807) is 48.6 Å². The molecule has 0 aliphatic carbocycles. The van der Waals surface area contributed by atoms with Gasteiger partial charge in [0.1, 0.15) is 5.58 Å². The van der Waals surface area contributed by atoms with Crippen molar-refractivity contribution in [3.05, 3.63) is 62.7 Å². The third-order valence-electron chi connectivity index (χ3n) is 3.23. The molecule has 116 valence electrons. The van der Waals surface area contributed by atoms with Crippen LogP contribution in [-0.4, -0.2) is 17.2 Å². The smallest absolute Gasteiger partial charge is 0.284 e. The lowest BCUT2D eigenvalue weighted by atomic mass is 10.2. The Morgan fingerprint density at radius 1 is 1.26 bits per heavy atom. The molecule has 0 radical (unpaired) electrons. The van der Waals surface area contributed by atoms with Crippen LogP contribution >= 0.6 is 15.9 Å². The van der Waals surface area contributed by atoms with E-state index in [9.17, 15) is 9.90 Å². The number of nitrogens with zero attached hydrogens (tertiary/aromatic N) is 1. The zero-order valence-electron chi connectivity index (χ0n) is 12.1. The number of para-hydroxylation sites is 1. The average molecular weight is 374 g/mol. The summed E-state index contributed by atoms with van der Waals surface area (Å²) in [6, 6.07) is 10.3. The van der Waals surface area contributed by atoms with E-state index in [1.165, 1.54) is 7.11 Å². The normalized spacial score (nSPS) is 11.2. The maximum atomic E-state index is 11.9. The average Bonchev–Trinajstić information content (AvgIpc) is 2.56. The van der Waals surface area contributed by atoms with E-state index in [1.807, 2.05) is 0 Å². The molecule has 0 spiro atoms. The number of hydrogen-bond donors (Lipinski definition) is 1. The number of phenols is 1. The molecule has 0 aliphatic heterocycles. The first-order valence-corrected chi connectivity index (χ1v) is 7.52. The minimum atomic E-state index is -0.337. The van der Waals surface area contributed by atoms with Crippen molar-refractivity contribution in [2.75, 3.05) is 7.11 Å². The fourth-order valence-electron chi connectivity index (χ4n) is 2.11. The van der Waals surface area contributed by atoms with Crippen molar-refractivity contribution >= 4 is 39.1 Å². The van der Waals surface area contributed by atoms with Crippen LogP contribution in [0.3, 0.4) is 0 Å². The zero-order valence-corrected chi connectivity index (χ0v) is 13.7. The molecular formula is C17H12BrNO4. The van der Waals surface area contributed by atoms with E-state index < -0.39 is 0 Å². The van der Waals surface area contributed by atoms with E-state index in [2.05, 4.69) is 20.9 Å². The molecule has 0 aliphatic rings. The van der Waals surface area contributed by atoms with Crippen LogP contribution in [0.2, 0.25) is 0 Å². The maximum Gasteiger partial charge on any atom is 0.284 e. The predicted molar refractivity (Wildman–Crippen MR) is 91.6 cm³/mol. The minimum Gasteiger partial charge on any atom is -0.503 e. The Morgan fingerprint density at radius 3 is 2.83 bits per heavy atom. The molecule has 3 aromatic rings. The Hall–Kier alpha value is -2.60. The molecule has 1 heterocycles. The van der Waals surface area contributed by atoms with Gasteiger partial charge in [0.2, 0.25) is 5.89 Å². The predicted octanol–water partition coefficient (Wildman–Crippen LogP) is 3.84. The monoisotopic (exact) mass is 373 g/mol. The Morgan fingerprint density at radius 2 is 2.04 bits per heavy atom. The van der Waals surface area contributed by atoms with Crippen molar-refractivity contribution in [2.45, 2.75) is 0 Å². The van der Waals surface area contributed by atoms with Crippen LogP contribution in [0.25, 0.3) is 23.1 Å². The van der Waals surface area contributed by atoms with Gasteiger partial charge in [-0.3, -0.25) is 4.79 Å². The highest BCUT2D eigenvalue weighted by Crippen LogP contribution is 2.35. The van der Waals surface area contributed by atoms with Gasteiger partial charge in [0.05, 0.1) is 17.0 Å². The molecule has 0 atom stereocenters. The standard InChI is InChI=1S/C17H12BrNO4/c1-22-14-9-10(8-12(18)16(14)20)6-7-15-19-17(21)11-4-2-3-5-13(11)23-15/h2-9,20H,1H3. The minimum absolute atomic E-state index is 0.0278. The molecule has 0 unspecified atom stereocenters. The SMILES string of the molecule is COc1cc(C=Cc2nc(=O)c3ccccc3o2)cc(Br)c1O. The summed E-state index contributed by atoms with van der Waals surface area (Å²) in [4.78, 5) is 15.8. The Labute approximate surface area is 140 Å². The molecule has 1 aromatic heterocycles. The lowest BCUT2D eigenvalue weighted by Crippen LogP contribution is -2.06. The summed E-state index contributed by atoms with van der Waals surface area (Å²) in [5.41, 5.74) is 0.900. The number of ether oxygens (including phenoxy) is 1. The maximum absolute atomic E-state index is 11.9. The first-order chi connectivity index (χ1) is 11.1. The lowest BCUT2D eigenvalue weighted by Gasteiger charge is -2.06. The molecule has 0 saturated heterocycles. The molecule has 6 heteroatoms. The molecule has 23 heavy (non-hydrogen) atoms. The number of rotatable bonds is 3. The summed E-state index contributed by atoms with van der Waals surface area (Å²) in [5, 5.41) is 10.2. The number of fused-ring (bicyclic) bond motifs is 1. The summed E-state index contributed by atoms with van der Waals surface area (Å²) in [5.74, 6) is 0.573. The molecule has 1 N–H and O–H groups in total. The van der Waals surface area contributed by atoms with Gasteiger partial charge in [0.25, 0.3) is 5.56 Å². The Bertz CT molecular complexity index is 962. The van der Waals surface area contributed by atoms with Gasteiger partial charge in [-0.1, -0.05) is 12.1 Å². The van der Waals surface area contributed by atoms with Gasteiger partial charge in [-0.05, 0) is 51.8 Å². The van der Waals surface area contributed by atoms with Gasteiger partial charge in [-0.2, -0.15) is 4.98 Å². The molecule has 0 amide bonds. The molecule has 0 fully saturated rings. The summed E-state index contributed by atoms with van der Waals surface area (Å²) in [6.45, 7) is 0. The summed E-state index contributed by atoms with van der Waals surface area (Å²) in [7, 11) is 1.47. The number of aromatic hydroxyl groups is 1. The topological polar surface area (TPSA) is 72.6 Å². The number of halogens is 1. The number of aromatic nitrogens is 1. The van der Waals surface area contributed by atoms with Crippen LogP contribution < -0.4 is 10.3 Å². The van der Waals surface area contributed by atoms with E-state index in [0.717, 1.165) is 5.56 Å². The van der Waals surface area contributed by atoms with Crippen molar-refractivity contribution < 1.29 is 14.3 Å². The number of methoxy groups -OCH3 is 1. The zero-order chi connectivity index (χ0) is 16.4. The third-order valence-corrected chi connectivity index (χ3v) is 3.84. The van der Waals surface area contributed by atoms with Crippen LogP contribution in [0.4, 0.5) is 0 Å². The molecular weight excluding hydrogens is 362 g/mol. The van der Waals surface area contributed by atoms with Gasteiger partial charge < -0.3 is 14.3 Å². The Kier molecular flexibility index (Phi) is 4.16. The van der Waals surface area contributed by atoms with Crippen molar-refractivity contribution in [2.24, 2.45) is 0 Å². The fourth-order valence-corrected chi connectivity index (χ4v) is 2.57. The first kappa shape index (κ1) is 15.3. The summed E-state index contributed by atoms with van der Waals surface area (Å²) < 4.78 is 11.2. The van der Waals surface area contributed by atoms with Gasteiger partial charge in [-0.15, -0.1) is 0 Å². The van der Waals surface area contributed by atoms with Gasteiger partial charge in [0, 0.05) is 6.08 Å². The highest BCUT2D eigenvalue weighted by atomic mass is 79.9. The highest BCUT2D eigenvalue weighted by Gasteiger charge is 2.08. The van der Waals surface area contributed by atoms with Crippen LogP contribution in [-0.2, 0) is 0 Å². The van der Waals surface area contributed by atoms with Crippen molar-refractivity contribution in [3.8, 4) is 11.5 Å². The fraction of sp³-hybridized carbons (Fsp3) is 0.0588. The number of benzene rings is 2. The third kappa shape index (κ3) is 3.12. The second kappa shape index (κ2) is 6.26. The molecule has 5 nitrogen and oxygen atoms in total. The second-order valence-corrected chi connectivity index (χ2v) is 5.59. The van der Waals surface area contributed by atoms with Crippen LogP contribution in [0.1, 0.15) is 11.5 Å². The van der Waals surface area contributed by atoms with Gasteiger partial charge >= 0.3 is 0 Å². The lowest BCUT2D eigenvalue weighted by molar-refractivity contribution is 0.372. The summed E-state index contributed by atoms with van der Waals surface area (Å²) >= 11 is 3.26. The number of phenolic OH excluding ortho intramolecular Hbond substituents is 1. The highest BCUT2D eigenvalue weighted by molar-refractivity contribution is 9.10.